The van der Waals surface area contributed by atoms with Crippen molar-refractivity contribution in [2.24, 2.45) is 5.92 Å². The van der Waals surface area contributed by atoms with Crippen molar-refractivity contribution in [1.82, 2.24) is 5.32 Å². The standard InChI is InChI=1S/C20H25NO3/c1-2-24-12-19(23)14-4-3-5-16-15(14)10-18-17-7-6-13(22)11-20(16,17)8-9-21-18/h3-5,17-18,21H,2,6-12H2,1H3/t17-,18+,20+/m0/s1. The summed E-state index contributed by atoms with van der Waals surface area (Å²) in [6, 6.07) is 6.48. The number of hydrogen-bond donors (Lipinski definition) is 1. The summed E-state index contributed by atoms with van der Waals surface area (Å²) in [5, 5.41) is 3.66. The molecule has 1 aliphatic heterocycles. The van der Waals surface area contributed by atoms with E-state index in [0.29, 0.717) is 37.2 Å². The van der Waals surface area contributed by atoms with Crippen LogP contribution >= 0.6 is 0 Å². The molecule has 0 unspecified atom stereocenters. The van der Waals surface area contributed by atoms with Gasteiger partial charge in [-0.25, -0.2) is 0 Å². The Morgan fingerprint density at radius 1 is 1.42 bits per heavy atom. The summed E-state index contributed by atoms with van der Waals surface area (Å²) in [6.45, 7) is 3.55. The van der Waals surface area contributed by atoms with E-state index in [4.69, 9.17) is 4.74 Å². The topological polar surface area (TPSA) is 55.4 Å². The number of hydrogen-bond acceptors (Lipinski definition) is 4. The van der Waals surface area contributed by atoms with E-state index < -0.39 is 0 Å². The fraction of sp³-hybridized carbons (Fsp3) is 0.600. The van der Waals surface area contributed by atoms with Crippen LogP contribution < -0.4 is 5.32 Å². The first-order valence-corrected chi connectivity index (χ1v) is 9.14. The molecular formula is C20H25NO3. The highest BCUT2D eigenvalue weighted by Gasteiger charge is 2.53. The van der Waals surface area contributed by atoms with Crippen LogP contribution in [0.25, 0.3) is 0 Å². The Balaban J connectivity index is 1.80. The van der Waals surface area contributed by atoms with Crippen LogP contribution in [0.5, 0.6) is 0 Å². The quantitative estimate of drug-likeness (QED) is 0.863. The molecule has 4 rings (SSSR count). The predicted octanol–water partition coefficient (Wildman–Crippen LogP) is 2.43. The second kappa shape index (κ2) is 6.08. The molecule has 2 fully saturated rings. The maximum Gasteiger partial charge on any atom is 0.188 e. The Morgan fingerprint density at radius 3 is 3.12 bits per heavy atom. The van der Waals surface area contributed by atoms with Gasteiger partial charge < -0.3 is 10.1 Å². The first-order valence-electron chi connectivity index (χ1n) is 9.14. The van der Waals surface area contributed by atoms with Gasteiger partial charge >= 0.3 is 0 Å². The number of fused-ring (bicyclic) bond motifs is 1. The van der Waals surface area contributed by atoms with Crippen molar-refractivity contribution in [1.29, 1.82) is 0 Å². The normalized spacial score (nSPS) is 31.3. The summed E-state index contributed by atoms with van der Waals surface area (Å²) < 4.78 is 5.34. The molecule has 0 aromatic heterocycles. The van der Waals surface area contributed by atoms with Crippen LogP contribution in [0.4, 0.5) is 0 Å². The summed E-state index contributed by atoms with van der Waals surface area (Å²) in [5.41, 5.74) is 3.16. The third-order valence-electron chi connectivity index (χ3n) is 6.29. The zero-order valence-corrected chi connectivity index (χ0v) is 14.3. The lowest BCUT2D eigenvalue weighted by atomic mass is 9.52. The highest BCUT2D eigenvalue weighted by molar-refractivity contribution is 5.99. The van der Waals surface area contributed by atoms with Crippen molar-refractivity contribution in [2.75, 3.05) is 19.8 Å². The lowest BCUT2D eigenvalue weighted by Gasteiger charge is -2.55. The van der Waals surface area contributed by atoms with Crippen molar-refractivity contribution in [3.05, 3.63) is 34.9 Å². The van der Waals surface area contributed by atoms with Gasteiger partial charge in [-0.2, -0.15) is 0 Å². The number of carbonyl (C=O) groups excluding carboxylic acids is 2. The molecule has 4 nitrogen and oxygen atoms in total. The molecule has 24 heavy (non-hydrogen) atoms. The van der Waals surface area contributed by atoms with Crippen molar-refractivity contribution in [3.63, 3.8) is 0 Å². The molecule has 4 heteroatoms. The lowest BCUT2D eigenvalue weighted by Crippen LogP contribution is -2.60. The van der Waals surface area contributed by atoms with Gasteiger partial charge in [0.05, 0.1) is 0 Å². The van der Waals surface area contributed by atoms with Gasteiger partial charge in [0.1, 0.15) is 12.4 Å². The van der Waals surface area contributed by atoms with Gasteiger partial charge in [-0.3, -0.25) is 9.59 Å². The number of benzene rings is 1. The lowest BCUT2D eigenvalue weighted by molar-refractivity contribution is -0.125. The van der Waals surface area contributed by atoms with Gasteiger partial charge in [-0.15, -0.1) is 0 Å². The smallest absolute Gasteiger partial charge is 0.188 e. The van der Waals surface area contributed by atoms with Crippen LogP contribution in [0, 0.1) is 5.92 Å². The Morgan fingerprint density at radius 2 is 2.29 bits per heavy atom. The molecule has 1 aromatic carbocycles. The first kappa shape index (κ1) is 16.0. The number of Topliss-reactive ketones (excluding diaryl/α,β-unsaturated/α-hetero) is 2. The molecule has 0 radical (unpaired) electrons. The van der Waals surface area contributed by atoms with E-state index in [9.17, 15) is 9.59 Å². The van der Waals surface area contributed by atoms with Gasteiger partial charge in [0, 0.05) is 36.5 Å². The number of rotatable bonds is 4. The average Bonchev–Trinajstić information content (AvgIpc) is 2.58. The average molecular weight is 327 g/mol. The molecule has 3 atom stereocenters. The van der Waals surface area contributed by atoms with E-state index in [0.717, 1.165) is 36.9 Å². The SMILES string of the molecule is CCOCC(=O)c1cccc2c1C[C@H]1NCC[C@@]23CC(=O)CC[C@@H]13. The van der Waals surface area contributed by atoms with E-state index in [1.807, 2.05) is 19.1 Å². The first-order chi connectivity index (χ1) is 11.7. The maximum atomic E-state index is 12.6. The molecule has 3 aliphatic rings. The highest BCUT2D eigenvalue weighted by Crippen LogP contribution is 2.53. The van der Waals surface area contributed by atoms with Crippen molar-refractivity contribution in [2.45, 2.75) is 50.5 Å². The third kappa shape index (κ3) is 2.35. The zero-order chi connectivity index (χ0) is 16.7. The van der Waals surface area contributed by atoms with Gasteiger partial charge in [0.2, 0.25) is 0 Å². The molecule has 2 bridgehead atoms. The van der Waals surface area contributed by atoms with Crippen LogP contribution in [-0.4, -0.2) is 37.4 Å². The summed E-state index contributed by atoms with van der Waals surface area (Å²) >= 11 is 0. The second-order valence-corrected chi connectivity index (χ2v) is 7.42. The minimum Gasteiger partial charge on any atom is -0.374 e. The van der Waals surface area contributed by atoms with Gasteiger partial charge in [-0.1, -0.05) is 18.2 Å². The summed E-state index contributed by atoms with van der Waals surface area (Å²) in [7, 11) is 0. The fourth-order valence-electron chi connectivity index (χ4n) is 5.32. The second-order valence-electron chi connectivity index (χ2n) is 7.42. The van der Waals surface area contributed by atoms with Gasteiger partial charge in [0.15, 0.2) is 5.78 Å². The zero-order valence-electron chi connectivity index (χ0n) is 14.3. The molecule has 1 aromatic rings. The van der Waals surface area contributed by atoms with Crippen LogP contribution in [0.2, 0.25) is 0 Å². The van der Waals surface area contributed by atoms with Crippen molar-refractivity contribution >= 4 is 11.6 Å². The van der Waals surface area contributed by atoms with E-state index >= 15 is 0 Å². The molecule has 0 amide bonds. The van der Waals surface area contributed by atoms with Crippen LogP contribution in [-0.2, 0) is 21.4 Å². The van der Waals surface area contributed by atoms with Crippen molar-refractivity contribution < 1.29 is 14.3 Å². The van der Waals surface area contributed by atoms with Crippen LogP contribution in [0.1, 0.15) is 54.1 Å². The monoisotopic (exact) mass is 327 g/mol. The minimum atomic E-state index is -0.0548. The number of ketones is 2. The van der Waals surface area contributed by atoms with Gasteiger partial charge in [-0.05, 0) is 49.8 Å². The number of carbonyl (C=O) groups is 2. The number of ether oxygens (including phenoxy) is 1. The highest BCUT2D eigenvalue weighted by atomic mass is 16.5. The Kier molecular flexibility index (Phi) is 4.05. The fourth-order valence-corrected chi connectivity index (χ4v) is 5.32. The minimum absolute atomic E-state index is 0.0548. The summed E-state index contributed by atoms with van der Waals surface area (Å²) in [4.78, 5) is 24.9. The van der Waals surface area contributed by atoms with E-state index in [2.05, 4.69) is 11.4 Å². The largest absolute Gasteiger partial charge is 0.374 e. The van der Waals surface area contributed by atoms with E-state index in [1.165, 1.54) is 5.56 Å². The number of piperidine rings is 1. The summed E-state index contributed by atoms with van der Waals surface area (Å²) in [6.07, 6.45) is 4.22. The molecule has 1 N–H and O–H groups in total. The Hall–Kier alpha value is -1.52. The third-order valence-corrected chi connectivity index (χ3v) is 6.29. The van der Waals surface area contributed by atoms with Gasteiger partial charge in [0.25, 0.3) is 0 Å². The molecule has 128 valence electrons. The molecule has 1 saturated carbocycles. The van der Waals surface area contributed by atoms with E-state index in [-0.39, 0.29) is 17.8 Å². The molecule has 1 saturated heterocycles. The molecule has 0 spiro atoms. The van der Waals surface area contributed by atoms with Crippen LogP contribution in [0.3, 0.4) is 0 Å². The van der Waals surface area contributed by atoms with Crippen molar-refractivity contribution in [3.8, 4) is 0 Å². The summed E-state index contributed by atoms with van der Waals surface area (Å²) in [5.74, 6) is 0.961. The molecule has 1 heterocycles. The predicted molar refractivity (Wildman–Crippen MR) is 91.4 cm³/mol. The Bertz CT molecular complexity index is 683. The molecule has 2 aliphatic carbocycles. The van der Waals surface area contributed by atoms with Crippen LogP contribution in [0.15, 0.2) is 18.2 Å². The van der Waals surface area contributed by atoms with E-state index in [1.54, 1.807) is 0 Å². The number of nitrogens with one attached hydrogen (secondary N) is 1. The Labute approximate surface area is 143 Å². The maximum absolute atomic E-state index is 12.6. The molecular weight excluding hydrogens is 302 g/mol.